The Balaban J connectivity index is 0.00000162. The molecule has 1 fully saturated rings. The Morgan fingerprint density at radius 1 is 1.33 bits per heavy atom. The van der Waals surface area contributed by atoms with Crippen LogP contribution in [0.4, 0.5) is 8.78 Å². The Labute approximate surface area is 126 Å². The summed E-state index contributed by atoms with van der Waals surface area (Å²) < 4.78 is 27.9. The average molecular weight is 389 g/mol. The van der Waals surface area contributed by atoms with Gasteiger partial charge in [0.2, 0.25) is 0 Å². The second-order valence-corrected chi connectivity index (χ2v) is 5.37. The van der Waals surface area contributed by atoms with Crippen LogP contribution in [-0.2, 0) is 0 Å². The summed E-state index contributed by atoms with van der Waals surface area (Å²) in [5.74, 6) is -0.313. The van der Waals surface area contributed by atoms with E-state index in [1.54, 1.807) is 12.1 Å². The topological polar surface area (TPSA) is 15.3 Å². The minimum absolute atomic E-state index is 0. The Kier molecular flexibility index (Phi) is 6.76. The maximum atomic E-state index is 13.7. The molecule has 1 aromatic rings. The van der Waals surface area contributed by atoms with Crippen LogP contribution < -0.4 is 5.32 Å². The molecule has 0 radical (unpaired) electrons. The van der Waals surface area contributed by atoms with Gasteiger partial charge in [-0.2, -0.15) is 0 Å². The van der Waals surface area contributed by atoms with Gasteiger partial charge in [0.15, 0.2) is 0 Å². The van der Waals surface area contributed by atoms with Crippen LogP contribution >= 0.6 is 35.0 Å². The van der Waals surface area contributed by atoms with E-state index in [1.807, 2.05) is 4.90 Å². The molecule has 6 heteroatoms. The standard InChI is InChI=1S/C12H15F2IN2.ClH/c13-8-12(17-5-3-16-4-6-17)10-7-9(15)1-2-11(10)14;/h1-2,7,12,16H,3-6,8H2;1H/t12-;/m0./s1. The highest BCUT2D eigenvalue weighted by molar-refractivity contribution is 14.1. The summed E-state index contributed by atoms with van der Waals surface area (Å²) in [6, 6.07) is 4.41. The molecule has 0 amide bonds. The number of halogens is 4. The molecule has 18 heavy (non-hydrogen) atoms. The summed E-state index contributed by atoms with van der Waals surface area (Å²) in [6.07, 6.45) is 0. The predicted octanol–water partition coefficient (Wildman–Crippen LogP) is 2.77. The van der Waals surface area contributed by atoms with Gasteiger partial charge in [-0.15, -0.1) is 12.4 Å². The molecule has 1 heterocycles. The van der Waals surface area contributed by atoms with Gasteiger partial charge in [-0.05, 0) is 40.8 Å². The van der Waals surface area contributed by atoms with Crippen LogP contribution in [0.25, 0.3) is 0 Å². The summed E-state index contributed by atoms with van der Waals surface area (Å²) in [4.78, 5) is 2.00. The molecule has 1 N–H and O–H groups in total. The third kappa shape index (κ3) is 3.76. The van der Waals surface area contributed by atoms with E-state index >= 15 is 0 Å². The monoisotopic (exact) mass is 388 g/mol. The summed E-state index contributed by atoms with van der Waals surface area (Å²) in [5.41, 5.74) is 0.473. The normalized spacial score (nSPS) is 18.2. The molecule has 0 aliphatic carbocycles. The molecule has 2 rings (SSSR count). The van der Waals surface area contributed by atoms with E-state index in [-0.39, 0.29) is 18.2 Å². The van der Waals surface area contributed by atoms with Crippen LogP contribution in [0, 0.1) is 9.39 Å². The number of nitrogens with one attached hydrogen (secondary N) is 1. The van der Waals surface area contributed by atoms with Crippen LogP contribution in [0.15, 0.2) is 18.2 Å². The first-order chi connectivity index (χ1) is 8.22. The van der Waals surface area contributed by atoms with E-state index in [0.29, 0.717) is 5.56 Å². The summed E-state index contributed by atoms with van der Waals surface area (Å²) in [6.45, 7) is 2.65. The summed E-state index contributed by atoms with van der Waals surface area (Å²) in [5, 5.41) is 3.21. The number of piperazine rings is 1. The highest BCUT2D eigenvalue weighted by atomic mass is 127. The first kappa shape index (κ1) is 16.1. The van der Waals surface area contributed by atoms with Crippen molar-refractivity contribution in [3.05, 3.63) is 33.1 Å². The van der Waals surface area contributed by atoms with Gasteiger partial charge in [0.25, 0.3) is 0 Å². The van der Waals surface area contributed by atoms with Gasteiger partial charge >= 0.3 is 0 Å². The zero-order valence-corrected chi connectivity index (χ0v) is 12.8. The van der Waals surface area contributed by atoms with Crippen molar-refractivity contribution in [3.8, 4) is 0 Å². The van der Waals surface area contributed by atoms with Gasteiger partial charge in [-0.3, -0.25) is 4.90 Å². The minimum Gasteiger partial charge on any atom is -0.314 e. The van der Waals surface area contributed by atoms with Crippen molar-refractivity contribution in [2.45, 2.75) is 6.04 Å². The molecule has 0 saturated carbocycles. The van der Waals surface area contributed by atoms with Crippen LogP contribution in [0.2, 0.25) is 0 Å². The van der Waals surface area contributed by atoms with E-state index in [1.165, 1.54) is 6.07 Å². The average Bonchev–Trinajstić information content (AvgIpc) is 2.36. The molecule has 1 aliphatic rings. The van der Waals surface area contributed by atoms with Crippen molar-refractivity contribution in [2.75, 3.05) is 32.9 Å². The van der Waals surface area contributed by atoms with Crippen molar-refractivity contribution >= 4 is 35.0 Å². The zero-order valence-electron chi connectivity index (χ0n) is 9.83. The van der Waals surface area contributed by atoms with E-state index in [9.17, 15) is 8.78 Å². The lowest BCUT2D eigenvalue weighted by atomic mass is 10.1. The molecule has 2 nitrogen and oxygen atoms in total. The second kappa shape index (κ2) is 7.57. The Morgan fingerprint density at radius 2 is 2.00 bits per heavy atom. The Morgan fingerprint density at radius 3 is 2.61 bits per heavy atom. The first-order valence-electron chi connectivity index (χ1n) is 5.68. The number of nitrogens with zero attached hydrogens (tertiary/aromatic N) is 1. The Bertz CT molecular complexity index is 386. The summed E-state index contributed by atoms with van der Waals surface area (Å²) >= 11 is 2.12. The number of benzene rings is 1. The maximum Gasteiger partial charge on any atom is 0.128 e. The third-order valence-corrected chi connectivity index (χ3v) is 3.73. The van der Waals surface area contributed by atoms with Crippen molar-refractivity contribution in [2.24, 2.45) is 0 Å². The van der Waals surface area contributed by atoms with E-state index in [0.717, 1.165) is 29.7 Å². The quantitative estimate of drug-likeness (QED) is 0.801. The number of alkyl halides is 1. The van der Waals surface area contributed by atoms with Crippen LogP contribution in [-0.4, -0.2) is 37.8 Å². The van der Waals surface area contributed by atoms with Gasteiger partial charge < -0.3 is 5.32 Å². The van der Waals surface area contributed by atoms with Gasteiger partial charge in [0.1, 0.15) is 12.5 Å². The molecule has 0 bridgehead atoms. The third-order valence-electron chi connectivity index (χ3n) is 3.06. The molecule has 0 aromatic heterocycles. The lowest BCUT2D eigenvalue weighted by Crippen LogP contribution is -2.45. The van der Waals surface area contributed by atoms with Crippen molar-refractivity contribution in [3.63, 3.8) is 0 Å². The Hall–Kier alpha value is 0.0200. The van der Waals surface area contributed by atoms with Crippen molar-refractivity contribution < 1.29 is 8.78 Å². The molecule has 0 spiro atoms. The van der Waals surface area contributed by atoms with Gasteiger partial charge in [-0.25, -0.2) is 8.78 Å². The summed E-state index contributed by atoms with van der Waals surface area (Å²) in [7, 11) is 0. The second-order valence-electron chi connectivity index (χ2n) is 4.12. The van der Waals surface area contributed by atoms with Crippen LogP contribution in [0.1, 0.15) is 11.6 Å². The largest absolute Gasteiger partial charge is 0.314 e. The number of hydrogen-bond donors (Lipinski definition) is 1. The maximum absolute atomic E-state index is 13.7. The van der Waals surface area contributed by atoms with Gasteiger partial charge in [0.05, 0.1) is 6.04 Å². The van der Waals surface area contributed by atoms with E-state index < -0.39 is 12.7 Å². The molecule has 1 aromatic carbocycles. The lowest BCUT2D eigenvalue weighted by molar-refractivity contribution is 0.144. The molecular formula is C12H16ClF2IN2. The van der Waals surface area contributed by atoms with Crippen molar-refractivity contribution in [1.82, 2.24) is 10.2 Å². The fraction of sp³-hybridized carbons (Fsp3) is 0.500. The first-order valence-corrected chi connectivity index (χ1v) is 6.76. The van der Waals surface area contributed by atoms with Crippen LogP contribution in [0.5, 0.6) is 0 Å². The lowest BCUT2D eigenvalue weighted by Gasteiger charge is -2.33. The highest BCUT2D eigenvalue weighted by Gasteiger charge is 2.24. The SMILES string of the molecule is Cl.FC[C@@H](c1cc(I)ccc1F)N1CCNCC1. The minimum atomic E-state index is -0.545. The van der Waals surface area contributed by atoms with E-state index in [2.05, 4.69) is 27.9 Å². The molecule has 102 valence electrons. The van der Waals surface area contributed by atoms with Crippen molar-refractivity contribution in [1.29, 1.82) is 0 Å². The molecule has 1 aliphatic heterocycles. The van der Waals surface area contributed by atoms with E-state index in [4.69, 9.17) is 0 Å². The smallest absolute Gasteiger partial charge is 0.128 e. The molecular weight excluding hydrogens is 372 g/mol. The fourth-order valence-corrected chi connectivity index (χ4v) is 2.66. The number of hydrogen-bond acceptors (Lipinski definition) is 2. The van der Waals surface area contributed by atoms with Crippen LogP contribution in [0.3, 0.4) is 0 Å². The zero-order chi connectivity index (χ0) is 12.3. The molecule has 1 atom stereocenters. The predicted molar refractivity (Wildman–Crippen MR) is 79.5 cm³/mol. The van der Waals surface area contributed by atoms with Gasteiger partial charge in [-0.1, -0.05) is 0 Å². The molecule has 0 unspecified atom stereocenters. The fourth-order valence-electron chi connectivity index (χ4n) is 2.14. The molecule has 1 saturated heterocycles. The highest BCUT2D eigenvalue weighted by Crippen LogP contribution is 2.25. The number of rotatable bonds is 3. The van der Waals surface area contributed by atoms with Gasteiger partial charge in [0, 0.05) is 35.3 Å².